The number of phenolic OH excluding ortho intramolecular Hbond substituents is 1. The Morgan fingerprint density at radius 2 is 1.89 bits per heavy atom. The Hall–Kier alpha value is -2.10. The van der Waals surface area contributed by atoms with Gasteiger partial charge in [0.1, 0.15) is 11.6 Å². The third-order valence-corrected chi connectivity index (χ3v) is 2.72. The maximum Gasteiger partial charge on any atom is 0.147 e. The number of benzene rings is 1. The van der Waals surface area contributed by atoms with Crippen LogP contribution >= 0.6 is 0 Å². The van der Waals surface area contributed by atoms with Crippen molar-refractivity contribution in [2.45, 2.75) is 20.3 Å². The van der Waals surface area contributed by atoms with Crippen molar-refractivity contribution in [3.05, 3.63) is 47.4 Å². The zero-order valence-electron chi connectivity index (χ0n) is 10.6. The predicted octanol–water partition coefficient (Wildman–Crippen LogP) is 2.45. The van der Waals surface area contributed by atoms with Gasteiger partial charge in [0.2, 0.25) is 0 Å². The molecule has 4 nitrogen and oxygen atoms in total. The van der Waals surface area contributed by atoms with Gasteiger partial charge >= 0.3 is 0 Å². The number of nitrogens with one attached hydrogen (secondary N) is 1. The molecule has 0 aliphatic carbocycles. The third-order valence-electron chi connectivity index (χ3n) is 2.72. The van der Waals surface area contributed by atoms with Crippen molar-refractivity contribution in [1.29, 1.82) is 0 Å². The highest BCUT2D eigenvalue weighted by Gasteiger charge is 2.01. The van der Waals surface area contributed by atoms with Crippen molar-refractivity contribution in [3.63, 3.8) is 0 Å². The molecule has 1 heterocycles. The number of phenols is 1. The molecule has 0 spiro atoms. The summed E-state index contributed by atoms with van der Waals surface area (Å²) in [5, 5.41) is 12.5. The quantitative estimate of drug-likeness (QED) is 0.866. The first-order chi connectivity index (χ1) is 8.65. The van der Waals surface area contributed by atoms with Gasteiger partial charge in [-0.25, -0.2) is 4.98 Å². The molecular formula is C14H17N3O. The lowest BCUT2D eigenvalue weighted by Gasteiger charge is -2.08. The molecule has 94 valence electrons. The molecule has 4 heteroatoms. The van der Waals surface area contributed by atoms with Gasteiger partial charge in [0.15, 0.2) is 0 Å². The Morgan fingerprint density at radius 1 is 1.17 bits per heavy atom. The summed E-state index contributed by atoms with van der Waals surface area (Å²) < 4.78 is 0. The number of aryl methyl sites for hydroxylation is 2. The van der Waals surface area contributed by atoms with Crippen molar-refractivity contribution >= 4 is 5.82 Å². The van der Waals surface area contributed by atoms with Crippen LogP contribution in [-0.2, 0) is 6.42 Å². The van der Waals surface area contributed by atoms with Crippen LogP contribution in [0.1, 0.15) is 17.0 Å². The van der Waals surface area contributed by atoms with E-state index in [4.69, 9.17) is 0 Å². The van der Waals surface area contributed by atoms with E-state index in [9.17, 15) is 5.11 Å². The third kappa shape index (κ3) is 3.20. The minimum atomic E-state index is 0.298. The molecule has 1 aromatic carbocycles. The van der Waals surface area contributed by atoms with Gasteiger partial charge in [0.25, 0.3) is 0 Å². The summed E-state index contributed by atoms with van der Waals surface area (Å²) in [5.41, 5.74) is 3.00. The fourth-order valence-electron chi connectivity index (χ4n) is 1.69. The molecule has 0 fully saturated rings. The summed E-state index contributed by atoms with van der Waals surface area (Å²) in [7, 11) is 0. The van der Waals surface area contributed by atoms with Crippen LogP contribution in [0.2, 0.25) is 0 Å². The van der Waals surface area contributed by atoms with Crippen LogP contribution in [0, 0.1) is 13.8 Å². The highest BCUT2D eigenvalue weighted by atomic mass is 16.3. The number of rotatable bonds is 4. The van der Waals surface area contributed by atoms with Crippen LogP contribution in [0.15, 0.2) is 30.5 Å². The molecule has 2 rings (SSSR count). The zero-order chi connectivity index (χ0) is 13.0. The second kappa shape index (κ2) is 5.49. The Morgan fingerprint density at radius 3 is 2.61 bits per heavy atom. The fourth-order valence-corrected chi connectivity index (χ4v) is 1.69. The van der Waals surface area contributed by atoms with E-state index in [2.05, 4.69) is 15.3 Å². The molecule has 2 N–H and O–H groups in total. The molecule has 0 aliphatic heterocycles. The molecule has 0 atom stereocenters. The summed E-state index contributed by atoms with van der Waals surface area (Å²) in [6.45, 7) is 4.66. The van der Waals surface area contributed by atoms with Gasteiger partial charge in [-0.15, -0.1) is 0 Å². The molecular weight excluding hydrogens is 226 g/mol. The van der Waals surface area contributed by atoms with Crippen molar-refractivity contribution in [2.24, 2.45) is 0 Å². The van der Waals surface area contributed by atoms with Crippen LogP contribution in [0.25, 0.3) is 0 Å². The molecule has 0 saturated heterocycles. The Labute approximate surface area is 107 Å². The second-order valence-electron chi connectivity index (χ2n) is 4.29. The van der Waals surface area contributed by atoms with Crippen LogP contribution in [-0.4, -0.2) is 21.6 Å². The standard InChI is InChI=1S/C14H17N3O/c1-10-9-16-11(2)14(17-10)15-8-7-12-3-5-13(18)6-4-12/h3-6,9,18H,7-8H2,1-2H3,(H,15,17). The van der Waals surface area contributed by atoms with E-state index in [-0.39, 0.29) is 0 Å². The molecule has 18 heavy (non-hydrogen) atoms. The van der Waals surface area contributed by atoms with E-state index in [0.29, 0.717) is 5.75 Å². The molecule has 1 aromatic heterocycles. The Kier molecular flexibility index (Phi) is 3.77. The van der Waals surface area contributed by atoms with E-state index in [1.165, 1.54) is 5.56 Å². The van der Waals surface area contributed by atoms with Gasteiger partial charge in [-0.3, -0.25) is 4.98 Å². The predicted molar refractivity (Wildman–Crippen MR) is 71.8 cm³/mol. The molecule has 0 saturated carbocycles. The lowest BCUT2D eigenvalue weighted by atomic mass is 10.1. The van der Waals surface area contributed by atoms with E-state index in [1.54, 1.807) is 18.3 Å². The maximum atomic E-state index is 9.19. The van der Waals surface area contributed by atoms with Crippen LogP contribution in [0.3, 0.4) is 0 Å². The summed E-state index contributed by atoms with van der Waals surface area (Å²) in [6.07, 6.45) is 2.65. The molecule has 2 aromatic rings. The molecule has 0 radical (unpaired) electrons. The number of aromatic nitrogens is 2. The average Bonchev–Trinajstić information content (AvgIpc) is 2.36. The summed E-state index contributed by atoms with van der Waals surface area (Å²) in [5.74, 6) is 1.14. The fraction of sp³-hybridized carbons (Fsp3) is 0.286. The Bertz CT molecular complexity index is 523. The van der Waals surface area contributed by atoms with Gasteiger partial charge in [0, 0.05) is 12.7 Å². The van der Waals surface area contributed by atoms with E-state index >= 15 is 0 Å². The molecule has 0 amide bonds. The van der Waals surface area contributed by atoms with Crippen LogP contribution < -0.4 is 5.32 Å². The lowest BCUT2D eigenvalue weighted by Crippen LogP contribution is -2.09. The van der Waals surface area contributed by atoms with Gasteiger partial charge in [-0.05, 0) is 38.0 Å². The largest absolute Gasteiger partial charge is 0.508 e. The molecule has 0 aliphatic rings. The first-order valence-corrected chi connectivity index (χ1v) is 5.97. The van der Waals surface area contributed by atoms with E-state index in [1.807, 2.05) is 26.0 Å². The Balaban J connectivity index is 1.92. The van der Waals surface area contributed by atoms with Crippen molar-refractivity contribution in [2.75, 3.05) is 11.9 Å². The van der Waals surface area contributed by atoms with Crippen LogP contribution in [0.5, 0.6) is 5.75 Å². The normalized spacial score (nSPS) is 10.3. The highest BCUT2D eigenvalue weighted by Crippen LogP contribution is 2.11. The van der Waals surface area contributed by atoms with Crippen LogP contribution in [0.4, 0.5) is 5.82 Å². The number of nitrogens with zero attached hydrogens (tertiary/aromatic N) is 2. The molecule has 0 unspecified atom stereocenters. The van der Waals surface area contributed by atoms with Gasteiger partial charge in [-0.2, -0.15) is 0 Å². The summed E-state index contributed by atoms with van der Waals surface area (Å²) in [4.78, 5) is 8.66. The minimum absolute atomic E-state index is 0.298. The van der Waals surface area contributed by atoms with Crippen molar-refractivity contribution < 1.29 is 5.11 Å². The monoisotopic (exact) mass is 243 g/mol. The van der Waals surface area contributed by atoms with Gasteiger partial charge in [0.05, 0.1) is 11.4 Å². The SMILES string of the molecule is Cc1cnc(C)c(NCCc2ccc(O)cc2)n1. The topological polar surface area (TPSA) is 58.0 Å². The number of hydrogen-bond donors (Lipinski definition) is 2. The molecule has 0 bridgehead atoms. The van der Waals surface area contributed by atoms with Gasteiger partial charge in [-0.1, -0.05) is 12.1 Å². The number of anilines is 1. The first kappa shape index (κ1) is 12.4. The maximum absolute atomic E-state index is 9.19. The van der Waals surface area contributed by atoms with Gasteiger partial charge < -0.3 is 10.4 Å². The number of hydrogen-bond acceptors (Lipinski definition) is 4. The first-order valence-electron chi connectivity index (χ1n) is 5.97. The van der Waals surface area contributed by atoms with E-state index in [0.717, 1.165) is 30.2 Å². The minimum Gasteiger partial charge on any atom is -0.508 e. The van der Waals surface area contributed by atoms with E-state index < -0.39 is 0 Å². The summed E-state index contributed by atoms with van der Waals surface area (Å²) in [6, 6.07) is 7.25. The van der Waals surface area contributed by atoms with Crippen molar-refractivity contribution in [1.82, 2.24) is 9.97 Å². The lowest BCUT2D eigenvalue weighted by molar-refractivity contribution is 0.475. The average molecular weight is 243 g/mol. The summed E-state index contributed by atoms with van der Waals surface area (Å²) >= 11 is 0. The zero-order valence-corrected chi connectivity index (χ0v) is 10.6. The van der Waals surface area contributed by atoms with Crippen molar-refractivity contribution in [3.8, 4) is 5.75 Å². The second-order valence-corrected chi connectivity index (χ2v) is 4.29. The number of aromatic hydroxyl groups is 1. The highest BCUT2D eigenvalue weighted by molar-refractivity contribution is 5.39. The smallest absolute Gasteiger partial charge is 0.147 e.